The Balaban J connectivity index is 1.65. The molecule has 0 heterocycles. The number of ether oxygens (including phenoxy) is 1. The molecule has 0 aromatic carbocycles. The van der Waals surface area contributed by atoms with E-state index < -0.39 is 0 Å². The molecule has 3 heteroatoms. The first-order valence-electron chi connectivity index (χ1n) is 16.1. The van der Waals surface area contributed by atoms with Crippen LogP contribution < -0.4 is 5.73 Å². The zero-order chi connectivity index (χ0) is 27.2. The van der Waals surface area contributed by atoms with Crippen molar-refractivity contribution in [2.45, 2.75) is 151 Å². The highest BCUT2D eigenvalue weighted by Crippen LogP contribution is 2.69. The van der Waals surface area contributed by atoms with Crippen LogP contribution in [0.5, 0.6) is 0 Å². The molecule has 3 saturated carbocycles. The lowest BCUT2D eigenvalue weighted by molar-refractivity contribution is -0.148. The van der Waals surface area contributed by atoms with Gasteiger partial charge in [-0.1, -0.05) is 78.9 Å². The van der Waals surface area contributed by atoms with Gasteiger partial charge in [0.1, 0.15) is 6.10 Å². The molecule has 0 amide bonds. The molecular weight excluding hydrogens is 454 g/mol. The van der Waals surface area contributed by atoms with Gasteiger partial charge in [-0.25, -0.2) is 0 Å². The lowest BCUT2D eigenvalue weighted by Crippen LogP contribution is -2.55. The molecule has 4 aliphatic carbocycles. The molecule has 37 heavy (non-hydrogen) atoms. The van der Waals surface area contributed by atoms with Crippen molar-refractivity contribution < 1.29 is 9.53 Å². The second-order valence-electron chi connectivity index (χ2n) is 14.8. The van der Waals surface area contributed by atoms with Crippen molar-refractivity contribution in [1.29, 1.82) is 0 Å². The molecule has 3 nitrogen and oxygen atoms in total. The van der Waals surface area contributed by atoms with Gasteiger partial charge in [0.25, 0.3) is 0 Å². The highest BCUT2D eigenvalue weighted by atomic mass is 16.5. The molecule has 0 radical (unpaired) electrons. The van der Waals surface area contributed by atoms with E-state index in [9.17, 15) is 4.79 Å². The van der Waals surface area contributed by atoms with E-state index in [0.29, 0.717) is 5.41 Å². The van der Waals surface area contributed by atoms with Crippen LogP contribution in [0.15, 0.2) is 11.1 Å². The molecule has 2 N–H and O–H groups in total. The van der Waals surface area contributed by atoms with Gasteiger partial charge in [-0.3, -0.25) is 4.79 Å². The molecule has 212 valence electrons. The Bertz CT molecular complexity index is 856. The normalized spacial score (nSPS) is 38.7. The first-order chi connectivity index (χ1) is 17.4. The van der Waals surface area contributed by atoms with E-state index >= 15 is 0 Å². The van der Waals surface area contributed by atoms with Gasteiger partial charge in [0, 0.05) is 18.9 Å². The topological polar surface area (TPSA) is 52.3 Å². The average Bonchev–Trinajstić information content (AvgIpc) is 3.20. The van der Waals surface area contributed by atoms with Crippen LogP contribution in [0.2, 0.25) is 0 Å². The van der Waals surface area contributed by atoms with Crippen LogP contribution in [0, 0.1) is 46.3 Å². The molecule has 0 saturated heterocycles. The molecule has 3 fully saturated rings. The van der Waals surface area contributed by atoms with Crippen LogP contribution in [-0.4, -0.2) is 17.6 Å². The summed E-state index contributed by atoms with van der Waals surface area (Å²) in [7, 11) is 0. The predicted octanol–water partition coefficient (Wildman–Crippen LogP) is 8.85. The zero-order valence-electron chi connectivity index (χ0n) is 25.6. The van der Waals surface area contributed by atoms with Gasteiger partial charge in [0.05, 0.1) is 0 Å². The van der Waals surface area contributed by atoms with Crippen LogP contribution in [0.25, 0.3) is 0 Å². The van der Waals surface area contributed by atoms with Crippen molar-refractivity contribution in [2.24, 2.45) is 52.1 Å². The van der Waals surface area contributed by atoms with Crippen LogP contribution >= 0.6 is 0 Å². The molecule has 0 spiro atoms. The summed E-state index contributed by atoms with van der Waals surface area (Å²) in [6.45, 7) is 18.7. The second-order valence-corrected chi connectivity index (χ2v) is 14.8. The number of carbonyl (C=O) groups excluding carboxylic acids is 1. The van der Waals surface area contributed by atoms with Gasteiger partial charge in [0.15, 0.2) is 0 Å². The van der Waals surface area contributed by atoms with Gasteiger partial charge in [-0.2, -0.15) is 0 Å². The maximum absolute atomic E-state index is 11.9. The maximum Gasteiger partial charge on any atom is 0.302 e. The van der Waals surface area contributed by atoms with E-state index in [1.165, 1.54) is 51.4 Å². The van der Waals surface area contributed by atoms with Gasteiger partial charge < -0.3 is 10.5 Å². The number of hydrogen-bond donors (Lipinski definition) is 1. The summed E-state index contributed by atoms with van der Waals surface area (Å²) in [6.07, 6.45) is 16.0. The zero-order valence-corrected chi connectivity index (χ0v) is 25.6. The van der Waals surface area contributed by atoms with E-state index in [2.05, 4.69) is 48.5 Å². The van der Waals surface area contributed by atoms with Crippen molar-refractivity contribution in [1.82, 2.24) is 0 Å². The number of carbonyl (C=O) groups is 1. The molecule has 0 aromatic heterocycles. The quantitative estimate of drug-likeness (QED) is 0.247. The van der Waals surface area contributed by atoms with Crippen LogP contribution in [0.4, 0.5) is 0 Å². The minimum absolute atomic E-state index is 0.0292. The van der Waals surface area contributed by atoms with E-state index in [4.69, 9.17) is 10.5 Å². The minimum Gasteiger partial charge on any atom is -0.462 e. The largest absolute Gasteiger partial charge is 0.462 e. The SMILES string of the molecule is CCC(N)(CC)C1=C2C[C@@H](OC(C)=O)CC[C@]2(C)[C@H]2CC[C@]3(C)[C@@H]([C@H](C)CCCC(C)C)CC[C@H]3[C@@H]2C1. The lowest BCUT2D eigenvalue weighted by Gasteiger charge is -2.61. The molecule has 4 rings (SSSR count). The smallest absolute Gasteiger partial charge is 0.302 e. The average molecular weight is 514 g/mol. The van der Waals surface area contributed by atoms with Gasteiger partial charge in [-0.05, 0) is 104 Å². The van der Waals surface area contributed by atoms with E-state index in [-0.39, 0.29) is 23.0 Å². The summed E-state index contributed by atoms with van der Waals surface area (Å²) in [4.78, 5) is 11.9. The third kappa shape index (κ3) is 5.21. The summed E-state index contributed by atoms with van der Waals surface area (Å²) in [6, 6.07) is 0. The van der Waals surface area contributed by atoms with Crippen molar-refractivity contribution in [2.75, 3.05) is 0 Å². The van der Waals surface area contributed by atoms with E-state index in [0.717, 1.165) is 67.6 Å². The Kier molecular flexibility index (Phi) is 8.65. The number of fused-ring (bicyclic) bond motifs is 5. The lowest BCUT2D eigenvalue weighted by atomic mass is 9.45. The maximum atomic E-state index is 11.9. The molecule has 8 atom stereocenters. The van der Waals surface area contributed by atoms with Crippen LogP contribution in [-0.2, 0) is 9.53 Å². The summed E-state index contributed by atoms with van der Waals surface area (Å²) in [5.74, 6) is 4.77. The molecule has 0 bridgehead atoms. The fourth-order valence-electron chi connectivity index (χ4n) is 10.3. The molecule has 4 aliphatic rings. The van der Waals surface area contributed by atoms with Gasteiger partial charge in [-0.15, -0.1) is 0 Å². The molecular formula is C34H59NO2. The number of hydrogen-bond acceptors (Lipinski definition) is 3. The Morgan fingerprint density at radius 2 is 1.70 bits per heavy atom. The fourth-order valence-corrected chi connectivity index (χ4v) is 10.3. The van der Waals surface area contributed by atoms with E-state index in [1.807, 2.05) is 0 Å². The van der Waals surface area contributed by atoms with Crippen LogP contribution in [0.1, 0.15) is 139 Å². The standard InChI is InChI=1S/C34H59NO2/c1-9-34(35,10-2)31-21-26-28-15-14-27(23(5)13-11-12-22(3)4)32(28,7)19-17-29(26)33(8)18-16-25(20-30(31)33)37-24(6)36/h22-23,25-29H,9-21,35H2,1-8H3/t23-,25+,26+,27-,28+,29+,32-,33-/m1/s1. The number of nitrogens with two attached hydrogens (primary N) is 1. The third-order valence-corrected chi connectivity index (χ3v) is 12.6. The Morgan fingerprint density at radius 3 is 2.32 bits per heavy atom. The van der Waals surface area contributed by atoms with Gasteiger partial charge >= 0.3 is 5.97 Å². The van der Waals surface area contributed by atoms with Gasteiger partial charge in [0.2, 0.25) is 0 Å². The fraction of sp³-hybridized carbons (Fsp3) is 0.912. The second kappa shape index (κ2) is 11.0. The summed E-state index contributed by atoms with van der Waals surface area (Å²) in [5, 5.41) is 0. The summed E-state index contributed by atoms with van der Waals surface area (Å²) < 4.78 is 5.81. The molecule has 0 aliphatic heterocycles. The predicted molar refractivity (Wildman–Crippen MR) is 155 cm³/mol. The Hall–Kier alpha value is -0.830. The summed E-state index contributed by atoms with van der Waals surface area (Å²) >= 11 is 0. The third-order valence-electron chi connectivity index (χ3n) is 12.6. The molecule has 0 unspecified atom stereocenters. The summed E-state index contributed by atoms with van der Waals surface area (Å²) in [5.41, 5.74) is 10.9. The molecule has 0 aromatic rings. The number of rotatable bonds is 9. The highest BCUT2D eigenvalue weighted by molar-refractivity contribution is 5.66. The van der Waals surface area contributed by atoms with Crippen molar-refractivity contribution in [3.63, 3.8) is 0 Å². The highest BCUT2D eigenvalue weighted by Gasteiger charge is 2.61. The first kappa shape index (κ1) is 29.2. The monoisotopic (exact) mass is 513 g/mol. The van der Waals surface area contributed by atoms with Crippen molar-refractivity contribution in [3.05, 3.63) is 11.1 Å². The van der Waals surface area contributed by atoms with Crippen molar-refractivity contribution in [3.8, 4) is 0 Å². The minimum atomic E-state index is -0.227. The number of esters is 1. The van der Waals surface area contributed by atoms with Crippen molar-refractivity contribution >= 4 is 5.97 Å². The Labute approximate surface area is 229 Å². The Morgan fingerprint density at radius 1 is 1.00 bits per heavy atom. The first-order valence-corrected chi connectivity index (χ1v) is 16.1. The van der Waals surface area contributed by atoms with E-state index in [1.54, 1.807) is 18.1 Å². The van der Waals surface area contributed by atoms with Crippen LogP contribution in [0.3, 0.4) is 0 Å².